The van der Waals surface area contributed by atoms with Crippen LogP contribution in [0.5, 0.6) is 0 Å². The van der Waals surface area contributed by atoms with E-state index in [0.29, 0.717) is 15.7 Å². The van der Waals surface area contributed by atoms with E-state index in [0.717, 1.165) is 22.5 Å². The monoisotopic (exact) mass is 322 g/mol. The molecule has 5 heteroatoms. The van der Waals surface area contributed by atoms with Gasteiger partial charge in [0.05, 0.1) is 25.9 Å². The fourth-order valence-corrected chi connectivity index (χ4v) is 3.52. The van der Waals surface area contributed by atoms with E-state index >= 15 is 0 Å². The van der Waals surface area contributed by atoms with Crippen LogP contribution in [0.2, 0.25) is 10.0 Å². The molecule has 0 aliphatic rings. The molecule has 0 unspecified atom stereocenters. The summed E-state index contributed by atoms with van der Waals surface area (Å²) in [6, 6.07) is 9.95. The van der Waals surface area contributed by atoms with Crippen LogP contribution in [0.25, 0.3) is 20.8 Å². The number of hydrogen-bond donors (Lipinski definition) is 1. The van der Waals surface area contributed by atoms with Crippen molar-refractivity contribution in [2.24, 2.45) is 0 Å². The maximum Gasteiger partial charge on any atom is 0.124 e. The number of nitrogens with two attached hydrogens (primary N) is 1. The van der Waals surface area contributed by atoms with Crippen LogP contribution >= 0.6 is 34.5 Å². The molecule has 0 radical (unpaired) electrons. The molecule has 3 aromatic rings. The van der Waals surface area contributed by atoms with Crippen LogP contribution in [0.1, 0.15) is 12.5 Å². The lowest BCUT2D eigenvalue weighted by Gasteiger charge is -2.03. The Bertz CT molecular complexity index is 773. The highest BCUT2D eigenvalue weighted by molar-refractivity contribution is 7.21. The quantitative estimate of drug-likeness (QED) is 0.640. The smallest absolute Gasteiger partial charge is 0.124 e. The van der Waals surface area contributed by atoms with Gasteiger partial charge in [0.2, 0.25) is 0 Å². The molecule has 0 amide bonds. The predicted molar refractivity (Wildman–Crippen MR) is 88.9 cm³/mol. The summed E-state index contributed by atoms with van der Waals surface area (Å²) in [5, 5.41) is 1.82. The number of benzene rings is 2. The summed E-state index contributed by atoms with van der Waals surface area (Å²) in [6.07, 6.45) is 1.02. The highest BCUT2D eigenvalue weighted by Crippen LogP contribution is 2.36. The summed E-state index contributed by atoms with van der Waals surface area (Å²) >= 11 is 13.8. The zero-order valence-corrected chi connectivity index (χ0v) is 13.1. The highest BCUT2D eigenvalue weighted by atomic mass is 35.5. The first-order valence-electron chi connectivity index (χ1n) is 6.23. The van der Waals surface area contributed by atoms with Gasteiger partial charge in [0.15, 0.2) is 0 Å². The number of thiazole rings is 1. The Labute approximate surface area is 131 Å². The summed E-state index contributed by atoms with van der Waals surface area (Å²) in [6.45, 7) is 2.14. The SMILES string of the molecule is CCc1ccc2nc(-c3cc(Cl)c(N)c(Cl)c3)sc2c1. The summed E-state index contributed by atoms with van der Waals surface area (Å²) in [7, 11) is 0. The number of fused-ring (bicyclic) bond motifs is 1. The van der Waals surface area contributed by atoms with Crippen LogP contribution in [0, 0.1) is 0 Å². The number of anilines is 1. The topological polar surface area (TPSA) is 38.9 Å². The van der Waals surface area contributed by atoms with Gasteiger partial charge in [-0.2, -0.15) is 0 Å². The van der Waals surface area contributed by atoms with Crippen molar-refractivity contribution in [1.29, 1.82) is 0 Å². The zero-order valence-electron chi connectivity index (χ0n) is 10.8. The molecule has 2 N–H and O–H groups in total. The van der Waals surface area contributed by atoms with Crippen LogP contribution in [0.4, 0.5) is 5.69 Å². The van der Waals surface area contributed by atoms with Crippen molar-refractivity contribution in [2.75, 3.05) is 5.73 Å². The first kappa shape index (κ1) is 13.7. The van der Waals surface area contributed by atoms with E-state index in [2.05, 4.69) is 30.1 Å². The Hall–Kier alpha value is -1.29. The molecule has 102 valence electrons. The van der Waals surface area contributed by atoms with Gasteiger partial charge >= 0.3 is 0 Å². The second-order valence-electron chi connectivity index (χ2n) is 4.53. The molecule has 0 saturated heterocycles. The number of aromatic nitrogens is 1. The van der Waals surface area contributed by atoms with Crippen LogP contribution < -0.4 is 5.73 Å². The van der Waals surface area contributed by atoms with Crippen molar-refractivity contribution in [2.45, 2.75) is 13.3 Å². The molecule has 0 aliphatic heterocycles. The summed E-state index contributed by atoms with van der Waals surface area (Å²) in [5.74, 6) is 0. The third-order valence-electron chi connectivity index (χ3n) is 3.19. The van der Waals surface area contributed by atoms with E-state index < -0.39 is 0 Å². The normalized spacial score (nSPS) is 11.2. The molecular formula is C15H12Cl2N2S. The average molecular weight is 323 g/mol. The summed E-state index contributed by atoms with van der Waals surface area (Å²) in [4.78, 5) is 4.63. The van der Waals surface area contributed by atoms with Crippen molar-refractivity contribution in [3.63, 3.8) is 0 Å². The van der Waals surface area contributed by atoms with E-state index in [1.165, 1.54) is 10.3 Å². The Balaban J connectivity index is 2.14. The van der Waals surface area contributed by atoms with Crippen molar-refractivity contribution in [1.82, 2.24) is 4.98 Å². The molecule has 0 atom stereocenters. The zero-order chi connectivity index (χ0) is 14.3. The molecule has 1 heterocycles. The van der Waals surface area contributed by atoms with Crippen LogP contribution in [-0.4, -0.2) is 4.98 Å². The van der Waals surface area contributed by atoms with E-state index in [1.54, 1.807) is 23.5 Å². The van der Waals surface area contributed by atoms with Gasteiger partial charge < -0.3 is 5.73 Å². The van der Waals surface area contributed by atoms with Gasteiger partial charge in [-0.15, -0.1) is 11.3 Å². The molecule has 3 rings (SSSR count). The van der Waals surface area contributed by atoms with Gasteiger partial charge in [-0.3, -0.25) is 0 Å². The van der Waals surface area contributed by atoms with Gasteiger partial charge in [-0.05, 0) is 36.2 Å². The largest absolute Gasteiger partial charge is 0.396 e. The van der Waals surface area contributed by atoms with Gasteiger partial charge in [0.1, 0.15) is 5.01 Å². The number of hydrogen-bond acceptors (Lipinski definition) is 3. The fraction of sp³-hybridized carbons (Fsp3) is 0.133. The average Bonchev–Trinajstić information content (AvgIpc) is 2.86. The minimum absolute atomic E-state index is 0.409. The third kappa shape index (κ3) is 2.37. The van der Waals surface area contributed by atoms with Gasteiger partial charge in [-0.25, -0.2) is 4.98 Å². The second-order valence-corrected chi connectivity index (χ2v) is 6.37. The molecular weight excluding hydrogens is 311 g/mol. The second kappa shape index (κ2) is 5.24. The molecule has 0 spiro atoms. The third-order valence-corrected chi connectivity index (χ3v) is 4.88. The predicted octanol–water partition coefficient (Wildman–Crippen LogP) is 5.41. The molecule has 1 aromatic heterocycles. The number of halogens is 2. The lowest BCUT2D eigenvalue weighted by molar-refractivity contribution is 1.15. The maximum atomic E-state index is 6.08. The Kier molecular flexibility index (Phi) is 3.59. The van der Waals surface area contributed by atoms with Gasteiger partial charge in [0, 0.05) is 5.56 Å². The lowest BCUT2D eigenvalue weighted by Crippen LogP contribution is -1.88. The van der Waals surface area contributed by atoms with Gasteiger partial charge in [0.25, 0.3) is 0 Å². The number of rotatable bonds is 2. The van der Waals surface area contributed by atoms with Crippen molar-refractivity contribution in [3.8, 4) is 10.6 Å². The van der Waals surface area contributed by atoms with E-state index in [-0.39, 0.29) is 0 Å². The Morgan fingerprint density at radius 3 is 2.50 bits per heavy atom. The van der Waals surface area contributed by atoms with Crippen molar-refractivity contribution >= 4 is 50.4 Å². The Morgan fingerprint density at radius 2 is 1.85 bits per heavy atom. The van der Waals surface area contributed by atoms with Crippen LogP contribution in [0.15, 0.2) is 30.3 Å². The standard InChI is InChI=1S/C15H12Cl2N2S/c1-2-8-3-4-12-13(5-8)20-15(19-12)9-6-10(16)14(18)11(17)7-9/h3-7H,2,18H2,1H3. The van der Waals surface area contributed by atoms with E-state index in [1.807, 2.05) is 0 Å². The first-order valence-corrected chi connectivity index (χ1v) is 7.80. The van der Waals surface area contributed by atoms with E-state index in [9.17, 15) is 0 Å². The molecule has 0 aliphatic carbocycles. The number of nitrogen functional groups attached to an aromatic ring is 1. The molecule has 0 bridgehead atoms. The summed E-state index contributed by atoms with van der Waals surface area (Å²) in [5.41, 5.74) is 9.36. The molecule has 2 aromatic carbocycles. The van der Waals surface area contributed by atoms with Crippen LogP contribution in [-0.2, 0) is 6.42 Å². The summed E-state index contributed by atoms with van der Waals surface area (Å²) < 4.78 is 1.17. The van der Waals surface area contributed by atoms with Crippen molar-refractivity contribution < 1.29 is 0 Å². The van der Waals surface area contributed by atoms with Gasteiger partial charge in [-0.1, -0.05) is 36.2 Å². The number of aryl methyl sites for hydroxylation is 1. The van der Waals surface area contributed by atoms with E-state index in [4.69, 9.17) is 28.9 Å². The Morgan fingerprint density at radius 1 is 1.15 bits per heavy atom. The highest BCUT2D eigenvalue weighted by Gasteiger charge is 2.11. The maximum absolute atomic E-state index is 6.08. The molecule has 20 heavy (non-hydrogen) atoms. The van der Waals surface area contributed by atoms with Crippen molar-refractivity contribution in [3.05, 3.63) is 45.9 Å². The first-order chi connectivity index (χ1) is 9.58. The lowest BCUT2D eigenvalue weighted by atomic mass is 10.2. The fourth-order valence-electron chi connectivity index (χ4n) is 2.02. The molecule has 0 fully saturated rings. The van der Waals surface area contributed by atoms with Crippen LogP contribution in [0.3, 0.4) is 0 Å². The molecule has 0 saturated carbocycles. The number of nitrogens with zero attached hydrogens (tertiary/aromatic N) is 1. The minimum Gasteiger partial charge on any atom is -0.396 e. The molecule has 2 nitrogen and oxygen atoms in total. The minimum atomic E-state index is 0.409.